The van der Waals surface area contributed by atoms with Crippen LogP contribution < -0.4 is 10.1 Å². The average molecular weight is 277 g/mol. The number of hydrogen-bond donors (Lipinski definition) is 1. The van der Waals surface area contributed by atoms with Crippen molar-refractivity contribution in [1.29, 1.82) is 0 Å². The van der Waals surface area contributed by atoms with Crippen LogP contribution in [0.15, 0.2) is 6.07 Å². The molecule has 0 atom stereocenters. The smallest absolute Gasteiger partial charge is 0.218 e. The van der Waals surface area contributed by atoms with Gasteiger partial charge in [-0.3, -0.25) is 0 Å². The molecule has 112 valence electrons. The summed E-state index contributed by atoms with van der Waals surface area (Å²) in [6, 6.07) is 2.52. The molecule has 0 saturated heterocycles. The molecular formula is C16H27N3O. The Morgan fingerprint density at radius 2 is 2.00 bits per heavy atom. The minimum atomic E-state index is 0.572. The Kier molecular flexibility index (Phi) is 6.09. The van der Waals surface area contributed by atoms with Gasteiger partial charge in [-0.25, -0.2) is 4.98 Å². The number of ether oxygens (including phenoxy) is 1. The van der Waals surface area contributed by atoms with Gasteiger partial charge in [0.05, 0.1) is 6.61 Å². The lowest BCUT2D eigenvalue weighted by atomic mass is 10.2. The maximum atomic E-state index is 5.75. The van der Waals surface area contributed by atoms with Gasteiger partial charge in [-0.15, -0.1) is 0 Å². The summed E-state index contributed by atoms with van der Waals surface area (Å²) < 4.78 is 5.75. The number of unbranched alkanes of at least 4 members (excludes halogenated alkanes) is 1. The molecule has 1 fully saturated rings. The largest absolute Gasteiger partial charge is 0.478 e. The maximum Gasteiger partial charge on any atom is 0.218 e. The zero-order valence-electron chi connectivity index (χ0n) is 12.8. The van der Waals surface area contributed by atoms with Gasteiger partial charge in [0.1, 0.15) is 11.6 Å². The van der Waals surface area contributed by atoms with Crippen molar-refractivity contribution in [3.63, 3.8) is 0 Å². The van der Waals surface area contributed by atoms with Gasteiger partial charge in [0.2, 0.25) is 5.88 Å². The van der Waals surface area contributed by atoms with Crippen molar-refractivity contribution >= 4 is 5.82 Å². The number of anilines is 1. The third-order valence-corrected chi connectivity index (χ3v) is 3.68. The molecule has 4 heteroatoms. The van der Waals surface area contributed by atoms with E-state index in [1.807, 2.05) is 6.07 Å². The lowest BCUT2D eigenvalue weighted by molar-refractivity contribution is 0.296. The molecule has 1 aromatic heterocycles. The zero-order valence-corrected chi connectivity index (χ0v) is 12.8. The van der Waals surface area contributed by atoms with Crippen LogP contribution in [0.25, 0.3) is 0 Å². The van der Waals surface area contributed by atoms with Gasteiger partial charge in [-0.2, -0.15) is 4.98 Å². The van der Waals surface area contributed by atoms with Crippen molar-refractivity contribution in [2.45, 2.75) is 71.3 Å². The molecule has 1 saturated carbocycles. The van der Waals surface area contributed by atoms with Crippen LogP contribution in [-0.4, -0.2) is 22.6 Å². The number of aryl methyl sites for hydroxylation is 1. The van der Waals surface area contributed by atoms with Crippen molar-refractivity contribution in [3.8, 4) is 5.88 Å². The summed E-state index contributed by atoms with van der Waals surface area (Å²) in [5.74, 6) is 2.54. The second-order valence-electron chi connectivity index (χ2n) is 5.59. The molecule has 1 heterocycles. The first-order chi connectivity index (χ1) is 9.81. The fourth-order valence-corrected chi connectivity index (χ4v) is 2.56. The summed E-state index contributed by atoms with van der Waals surface area (Å²) in [4.78, 5) is 9.11. The second kappa shape index (κ2) is 8.08. The van der Waals surface area contributed by atoms with Gasteiger partial charge in [-0.05, 0) is 25.7 Å². The predicted molar refractivity (Wildman–Crippen MR) is 82.3 cm³/mol. The van der Waals surface area contributed by atoms with Crippen LogP contribution in [0.4, 0.5) is 5.82 Å². The number of aromatic nitrogens is 2. The highest BCUT2D eigenvalue weighted by Crippen LogP contribution is 2.23. The first kappa shape index (κ1) is 15.1. The van der Waals surface area contributed by atoms with E-state index in [1.54, 1.807) is 0 Å². The van der Waals surface area contributed by atoms with Gasteiger partial charge in [0, 0.05) is 18.5 Å². The van der Waals surface area contributed by atoms with Crippen LogP contribution in [0.5, 0.6) is 5.88 Å². The summed E-state index contributed by atoms with van der Waals surface area (Å²) in [5, 5.41) is 3.54. The Morgan fingerprint density at radius 3 is 2.70 bits per heavy atom. The summed E-state index contributed by atoms with van der Waals surface area (Å²) in [6.07, 6.45) is 9.32. The Labute approximate surface area is 122 Å². The summed E-state index contributed by atoms with van der Waals surface area (Å²) in [5.41, 5.74) is 0. The Morgan fingerprint density at radius 1 is 1.20 bits per heavy atom. The topological polar surface area (TPSA) is 47.0 Å². The standard InChI is InChI=1S/C16H27N3O/c1-3-5-11-20-16-12-15(17-13-9-6-7-10-13)18-14(19-16)8-4-2/h12-13H,3-11H2,1-2H3,(H,17,18,19). The molecular weight excluding hydrogens is 250 g/mol. The van der Waals surface area contributed by atoms with Crippen molar-refractivity contribution in [2.24, 2.45) is 0 Å². The Hall–Kier alpha value is -1.32. The molecule has 0 unspecified atom stereocenters. The van der Waals surface area contributed by atoms with Gasteiger partial charge >= 0.3 is 0 Å². The molecule has 0 bridgehead atoms. The minimum Gasteiger partial charge on any atom is -0.478 e. The molecule has 0 spiro atoms. The number of hydrogen-bond acceptors (Lipinski definition) is 4. The molecule has 1 N–H and O–H groups in total. The number of rotatable bonds is 8. The molecule has 0 aromatic carbocycles. The second-order valence-corrected chi connectivity index (χ2v) is 5.59. The van der Waals surface area contributed by atoms with Crippen molar-refractivity contribution in [3.05, 3.63) is 11.9 Å². The van der Waals surface area contributed by atoms with Gasteiger partial charge in [0.25, 0.3) is 0 Å². The van der Waals surface area contributed by atoms with Crippen LogP contribution in [-0.2, 0) is 6.42 Å². The van der Waals surface area contributed by atoms with Gasteiger partial charge in [0.15, 0.2) is 0 Å². The van der Waals surface area contributed by atoms with Crippen LogP contribution in [0.2, 0.25) is 0 Å². The average Bonchev–Trinajstić information content (AvgIpc) is 2.92. The quantitative estimate of drug-likeness (QED) is 0.731. The van der Waals surface area contributed by atoms with E-state index < -0.39 is 0 Å². The van der Waals surface area contributed by atoms with Crippen LogP contribution in [0, 0.1) is 0 Å². The van der Waals surface area contributed by atoms with Gasteiger partial charge < -0.3 is 10.1 Å². The molecule has 2 rings (SSSR count). The molecule has 0 radical (unpaired) electrons. The third kappa shape index (κ3) is 4.66. The number of nitrogens with zero attached hydrogens (tertiary/aromatic N) is 2. The summed E-state index contributed by atoms with van der Waals surface area (Å²) >= 11 is 0. The molecule has 1 aliphatic rings. The SMILES string of the molecule is CCCCOc1cc(NC2CCCC2)nc(CCC)n1. The van der Waals surface area contributed by atoms with Crippen LogP contribution in [0.1, 0.15) is 64.6 Å². The van der Waals surface area contributed by atoms with E-state index in [0.29, 0.717) is 6.04 Å². The highest BCUT2D eigenvalue weighted by Gasteiger charge is 2.16. The van der Waals surface area contributed by atoms with Crippen molar-refractivity contribution in [1.82, 2.24) is 9.97 Å². The monoisotopic (exact) mass is 277 g/mol. The van der Waals surface area contributed by atoms with E-state index >= 15 is 0 Å². The Bertz CT molecular complexity index is 403. The summed E-state index contributed by atoms with van der Waals surface area (Å²) in [6.45, 7) is 5.05. The lowest BCUT2D eigenvalue weighted by Crippen LogP contribution is -2.16. The first-order valence-corrected chi connectivity index (χ1v) is 8.09. The van der Waals surface area contributed by atoms with E-state index in [1.165, 1.54) is 25.7 Å². The van der Waals surface area contributed by atoms with Crippen LogP contribution in [0.3, 0.4) is 0 Å². The predicted octanol–water partition coefficient (Wildman–Crippen LogP) is 3.96. The molecule has 0 amide bonds. The van der Waals surface area contributed by atoms with E-state index in [0.717, 1.165) is 49.8 Å². The first-order valence-electron chi connectivity index (χ1n) is 8.09. The van der Waals surface area contributed by atoms with E-state index in [9.17, 15) is 0 Å². The number of nitrogens with one attached hydrogen (secondary N) is 1. The molecule has 1 aliphatic carbocycles. The maximum absolute atomic E-state index is 5.75. The minimum absolute atomic E-state index is 0.572. The lowest BCUT2D eigenvalue weighted by Gasteiger charge is -2.14. The van der Waals surface area contributed by atoms with Gasteiger partial charge in [-0.1, -0.05) is 33.1 Å². The summed E-state index contributed by atoms with van der Waals surface area (Å²) in [7, 11) is 0. The fourth-order valence-electron chi connectivity index (χ4n) is 2.56. The fraction of sp³-hybridized carbons (Fsp3) is 0.750. The molecule has 4 nitrogen and oxygen atoms in total. The molecule has 20 heavy (non-hydrogen) atoms. The van der Waals surface area contributed by atoms with Crippen molar-refractivity contribution < 1.29 is 4.74 Å². The van der Waals surface area contributed by atoms with Crippen molar-refractivity contribution in [2.75, 3.05) is 11.9 Å². The Balaban J connectivity index is 2.03. The normalized spacial score (nSPS) is 15.5. The highest BCUT2D eigenvalue weighted by atomic mass is 16.5. The third-order valence-electron chi connectivity index (χ3n) is 3.68. The molecule has 0 aliphatic heterocycles. The highest BCUT2D eigenvalue weighted by molar-refractivity contribution is 5.39. The zero-order chi connectivity index (χ0) is 14.2. The van der Waals surface area contributed by atoms with E-state index in [-0.39, 0.29) is 0 Å². The van der Waals surface area contributed by atoms with Crippen LogP contribution >= 0.6 is 0 Å². The van der Waals surface area contributed by atoms with E-state index in [4.69, 9.17) is 4.74 Å². The van der Waals surface area contributed by atoms with E-state index in [2.05, 4.69) is 29.1 Å². The molecule has 1 aromatic rings.